The summed E-state index contributed by atoms with van der Waals surface area (Å²) in [5, 5.41) is 11.8. The van der Waals surface area contributed by atoms with Crippen LogP contribution in [0.2, 0.25) is 0 Å². The monoisotopic (exact) mass is 476 g/mol. The highest BCUT2D eigenvalue weighted by Gasteiger charge is 2.20. The molecule has 0 amide bonds. The second-order valence-corrected chi connectivity index (χ2v) is 6.89. The molecule has 1 aromatic heterocycles. The van der Waals surface area contributed by atoms with E-state index in [0.29, 0.717) is 6.04 Å². The van der Waals surface area contributed by atoms with Crippen LogP contribution in [-0.2, 0) is 26.4 Å². The van der Waals surface area contributed by atoms with Crippen molar-refractivity contribution >= 4 is 29.9 Å². The summed E-state index contributed by atoms with van der Waals surface area (Å²) in [5.74, 6) is 0.905. The number of aryl methyl sites for hydroxylation is 2. The molecule has 1 saturated heterocycles. The molecular formula is C19H37IN6. The predicted octanol–water partition coefficient (Wildman–Crippen LogP) is 2.70. The first kappa shape index (κ1) is 23.2. The van der Waals surface area contributed by atoms with Gasteiger partial charge < -0.3 is 15.5 Å². The van der Waals surface area contributed by atoms with E-state index in [1.807, 2.05) is 18.8 Å². The van der Waals surface area contributed by atoms with Gasteiger partial charge in [0, 0.05) is 51.0 Å². The van der Waals surface area contributed by atoms with E-state index in [1.54, 1.807) is 0 Å². The third-order valence-electron chi connectivity index (χ3n) is 5.15. The summed E-state index contributed by atoms with van der Waals surface area (Å²) in [6, 6.07) is 0.518. The van der Waals surface area contributed by atoms with Gasteiger partial charge in [-0.3, -0.25) is 9.67 Å². The van der Waals surface area contributed by atoms with Crippen molar-refractivity contribution in [3.8, 4) is 0 Å². The average Bonchev–Trinajstić information content (AvgIpc) is 2.94. The molecule has 26 heavy (non-hydrogen) atoms. The quantitative estimate of drug-likeness (QED) is 0.361. The molecule has 0 radical (unpaired) electrons. The van der Waals surface area contributed by atoms with E-state index in [4.69, 9.17) is 0 Å². The second-order valence-electron chi connectivity index (χ2n) is 6.89. The van der Waals surface area contributed by atoms with Crippen LogP contribution in [0.5, 0.6) is 0 Å². The number of likely N-dealkylation sites (tertiary alicyclic amines) is 1. The number of hydrogen-bond acceptors (Lipinski definition) is 3. The zero-order valence-corrected chi connectivity index (χ0v) is 19.5. The lowest BCUT2D eigenvalue weighted by Crippen LogP contribution is -2.48. The van der Waals surface area contributed by atoms with Crippen molar-refractivity contribution in [1.82, 2.24) is 25.3 Å². The molecule has 2 N–H and O–H groups in total. The van der Waals surface area contributed by atoms with Crippen molar-refractivity contribution in [2.24, 2.45) is 12.0 Å². The number of hydrogen-bond donors (Lipinski definition) is 2. The van der Waals surface area contributed by atoms with Crippen molar-refractivity contribution in [3.05, 3.63) is 17.0 Å². The Morgan fingerprint density at radius 3 is 2.42 bits per heavy atom. The Kier molecular flexibility index (Phi) is 10.5. The minimum Gasteiger partial charge on any atom is -0.354 e. The van der Waals surface area contributed by atoms with Crippen molar-refractivity contribution in [2.75, 3.05) is 26.7 Å². The molecule has 1 aliphatic heterocycles. The topological polar surface area (TPSA) is 57.5 Å². The highest BCUT2D eigenvalue weighted by Crippen LogP contribution is 2.15. The maximum atomic E-state index is 4.66. The molecule has 1 aliphatic rings. The number of aromatic nitrogens is 2. The van der Waals surface area contributed by atoms with Crippen molar-refractivity contribution < 1.29 is 0 Å². The van der Waals surface area contributed by atoms with Crippen LogP contribution in [-0.4, -0.2) is 53.4 Å². The van der Waals surface area contributed by atoms with Gasteiger partial charge in [0.1, 0.15) is 0 Å². The molecule has 2 heterocycles. The Hall–Kier alpha value is -0.830. The number of aliphatic imine (C=N–C) groups is 1. The molecule has 7 heteroatoms. The van der Waals surface area contributed by atoms with Crippen LogP contribution in [0.1, 0.15) is 57.0 Å². The van der Waals surface area contributed by atoms with E-state index >= 15 is 0 Å². The van der Waals surface area contributed by atoms with Crippen LogP contribution in [0, 0.1) is 0 Å². The fourth-order valence-corrected chi connectivity index (χ4v) is 3.77. The lowest BCUT2D eigenvalue weighted by atomic mass is 10.1. The lowest BCUT2D eigenvalue weighted by Gasteiger charge is -2.32. The molecule has 0 aliphatic carbocycles. The summed E-state index contributed by atoms with van der Waals surface area (Å²) in [6.07, 6.45) is 5.59. The van der Waals surface area contributed by atoms with Gasteiger partial charge in [0.15, 0.2) is 5.96 Å². The van der Waals surface area contributed by atoms with E-state index < -0.39 is 0 Å². The molecule has 6 nitrogen and oxygen atoms in total. The van der Waals surface area contributed by atoms with Gasteiger partial charge in [-0.25, -0.2) is 0 Å². The molecule has 0 unspecified atom stereocenters. The van der Waals surface area contributed by atoms with Crippen molar-refractivity contribution in [1.29, 1.82) is 0 Å². The molecule has 150 valence electrons. The largest absolute Gasteiger partial charge is 0.354 e. The van der Waals surface area contributed by atoms with Crippen LogP contribution in [0.25, 0.3) is 0 Å². The van der Waals surface area contributed by atoms with Gasteiger partial charge in [0.25, 0.3) is 0 Å². The molecule has 2 rings (SSSR count). The Balaban J connectivity index is 0.00000338. The van der Waals surface area contributed by atoms with Gasteiger partial charge in [0.2, 0.25) is 0 Å². The summed E-state index contributed by atoms with van der Waals surface area (Å²) in [7, 11) is 3.89. The van der Waals surface area contributed by atoms with Crippen LogP contribution >= 0.6 is 24.0 Å². The maximum Gasteiger partial charge on any atom is 0.191 e. The van der Waals surface area contributed by atoms with E-state index in [9.17, 15) is 0 Å². The molecule has 1 fully saturated rings. The molecule has 0 saturated carbocycles. The number of halogens is 1. The molecule has 0 spiro atoms. The number of guanidine groups is 1. The highest BCUT2D eigenvalue weighted by atomic mass is 127. The van der Waals surface area contributed by atoms with Gasteiger partial charge in [0.05, 0.1) is 5.69 Å². The van der Waals surface area contributed by atoms with E-state index in [1.165, 1.54) is 55.8 Å². The Morgan fingerprint density at radius 1 is 1.19 bits per heavy atom. The van der Waals surface area contributed by atoms with Gasteiger partial charge in [-0.15, -0.1) is 24.0 Å². The van der Waals surface area contributed by atoms with Crippen LogP contribution < -0.4 is 10.6 Å². The Morgan fingerprint density at radius 2 is 1.88 bits per heavy atom. The Bertz CT molecular complexity index is 561. The first-order valence-electron chi connectivity index (χ1n) is 9.85. The average molecular weight is 476 g/mol. The molecular weight excluding hydrogens is 439 g/mol. The van der Waals surface area contributed by atoms with Gasteiger partial charge >= 0.3 is 0 Å². The third-order valence-corrected chi connectivity index (χ3v) is 5.15. The zero-order chi connectivity index (χ0) is 18.2. The Labute approximate surface area is 176 Å². The zero-order valence-electron chi connectivity index (χ0n) is 17.1. The smallest absolute Gasteiger partial charge is 0.191 e. The normalized spacial score (nSPS) is 16.4. The SMILES string of the molecule is CCCN1CCC(NC(=NC)NCc2c(CC)nn(C)c2CC)CC1.I. The predicted molar refractivity (Wildman–Crippen MR) is 120 cm³/mol. The number of nitrogens with zero attached hydrogens (tertiary/aromatic N) is 4. The van der Waals surface area contributed by atoms with Gasteiger partial charge in [-0.1, -0.05) is 20.8 Å². The van der Waals surface area contributed by atoms with Gasteiger partial charge in [-0.05, 0) is 38.6 Å². The summed E-state index contributed by atoms with van der Waals surface area (Å²) in [5.41, 5.74) is 3.83. The third kappa shape index (κ3) is 6.11. The summed E-state index contributed by atoms with van der Waals surface area (Å²) >= 11 is 0. The first-order valence-corrected chi connectivity index (χ1v) is 9.85. The highest BCUT2D eigenvalue weighted by molar-refractivity contribution is 14.0. The fraction of sp³-hybridized carbons (Fsp3) is 0.789. The molecule has 0 atom stereocenters. The maximum absolute atomic E-state index is 4.66. The molecule has 0 aromatic carbocycles. The molecule has 1 aromatic rings. The minimum absolute atomic E-state index is 0. The molecule has 0 bridgehead atoms. The van der Waals surface area contributed by atoms with E-state index in [2.05, 4.69) is 46.4 Å². The summed E-state index contributed by atoms with van der Waals surface area (Å²) in [6.45, 7) is 11.0. The van der Waals surface area contributed by atoms with Crippen LogP contribution in [0.3, 0.4) is 0 Å². The van der Waals surface area contributed by atoms with E-state index in [0.717, 1.165) is 25.3 Å². The van der Waals surface area contributed by atoms with Crippen LogP contribution in [0.4, 0.5) is 0 Å². The number of rotatable bonds is 7. The fourth-order valence-electron chi connectivity index (χ4n) is 3.77. The van der Waals surface area contributed by atoms with Crippen molar-refractivity contribution in [3.63, 3.8) is 0 Å². The second kappa shape index (κ2) is 11.8. The lowest BCUT2D eigenvalue weighted by molar-refractivity contribution is 0.206. The van der Waals surface area contributed by atoms with Crippen LogP contribution in [0.15, 0.2) is 4.99 Å². The van der Waals surface area contributed by atoms with E-state index in [-0.39, 0.29) is 24.0 Å². The summed E-state index contributed by atoms with van der Waals surface area (Å²) in [4.78, 5) is 6.98. The van der Waals surface area contributed by atoms with Crippen molar-refractivity contribution in [2.45, 2.75) is 65.5 Å². The minimum atomic E-state index is 0. The van der Waals surface area contributed by atoms with Gasteiger partial charge in [-0.2, -0.15) is 5.10 Å². The standard InChI is InChI=1S/C19H36N6.HI/c1-6-11-25-12-9-15(10-13-25)22-19(20-4)21-14-16-17(7-2)23-24(5)18(16)8-3;/h15H,6-14H2,1-5H3,(H2,20,21,22);1H. The number of piperidine rings is 1. The number of nitrogens with one attached hydrogen (secondary N) is 2. The summed E-state index contributed by atoms with van der Waals surface area (Å²) < 4.78 is 2.02. The first-order chi connectivity index (χ1) is 12.1.